The summed E-state index contributed by atoms with van der Waals surface area (Å²) in [6.45, 7) is 3.30. The molecule has 0 radical (unpaired) electrons. The third-order valence-electron chi connectivity index (χ3n) is 1.92. The van der Waals surface area contributed by atoms with Gasteiger partial charge in [0.25, 0.3) is 0 Å². The van der Waals surface area contributed by atoms with E-state index in [4.69, 9.17) is 4.74 Å². The highest BCUT2D eigenvalue weighted by Crippen LogP contribution is 2.21. The maximum Gasteiger partial charge on any atom is 0.143 e. The second-order valence-corrected chi connectivity index (χ2v) is 2.91. The molecule has 0 aromatic carbocycles. The Kier molecular flexibility index (Phi) is 4.35. The van der Waals surface area contributed by atoms with Crippen LogP contribution in [0, 0.1) is 0 Å². The standard InChI is InChI=1S/C10H16N2O2/c1-3-11-7-8(13)10-9(14-2)5-4-6-12-10/h4-6,8,11,13H,3,7H2,1-2H3. The molecule has 0 aliphatic carbocycles. The predicted octanol–water partition coefficient (Wildman–Crippen LogP) is 0.733. The van der Waals surface area contributed by atoms with Crippen LogP contribution < -0.4 is 10.1 Å². The molecule has 78 valence electrons. The largest absolute Gasteiger partial charge is 0.495 e. The number of pyridine rings is 1. The second-order valence-electron chi connectivity index (χ2n) is 2.91. The molecule has 1 rings (SSSR count). The van der Waals surface area contributed by atoms with Gasteiger partial charge in [0.2, 0.25) is 0 Å². The number of nitrogens with one attached hydrogen (secondary N) is 1. The molecule has 1 unspecified atom stereocenters. The minimum absolute atomic E-state index is 0.490. The first-order valence-corrected chi connectivity index (χ1v) is 4.67. The maximum atomic E-state index is 9.76. The summed E-state index contributed by atoms with van der Waals surface area (Å²) < 4.78 is 5.10. The molecule has 2 N–H and O–H groups in total. The molecule has 0 aliphatic heterocycles. The van der Waals surface area contributed by atoms with Crippen molar-refractivity contribution in [2.45, 2.75) is 13.0 Å². The number of nitrogens with zero attached hydrogens (tertiary/aromatic N) is 1. The normalized spacial score (nSPS) is 12.5. The van der Waals surface area contributed by atoms with Gasteiger partial charge in [-0.1, -0.05) is 6.92 Å². The van der Waals surface area contributed by atoms with E-state index in [1.807, 2.05) is 6.92 Å². The summed E-state index contributed by atoms with van der Waals surface area (Å²) in [6, 6.07) is 3.57. The average Bonchev–Trinajstić information content (AvgIpc) is 2.25. The average molecular weight is 196 g/mol. The van der Waals surface area contributed by atoms with Gasteiger partial charge in [-0.3, -0.25) is 4.98 Å². The van der Waals surface area contributed by atoms with E-state index >= 15 is 0 Å². The van der Waals surface area contributed by atoms with E-state index in [9.17, 15) is 5.11 Å². The van der Waals surface area contributed by atoms with E-state index in [-0.39, 0.29) is 0 Å². The van der Waals surface area contributed by atoms with Crippen LogP contribution in [0.5, 0.6) is 5.75 Å². The minimum atomic E-state index is -0.619. The highest BCUT2D eigenvalue weighted by atomic mass is 16.5. The molecule has 0 saturated carbocycles. The number of aliphatic hydroxyl groups excluding tert-OH is 1. The van der Waals surface area contributed by atoms with Gasteiger partial charge < -0.3 is 15.2 Å². The third-order valence-corrected chi connectivity index (χ3v) is 1.92. The third kappa shape index (κ3) is 2.68. The monoisotopic (exact) mass is 196 g/mol. The molecule has 0 bridgehead atoms. The van der Waals surface area contributed by atoms with Crippen LogP contribution in [0.4, 0.5) is 0 Å². The van der Waals surface area contributed by atoms with Crippen molar-refractivity contribution >= 4 is 0 Å². The first-order valence-electron chi connectivity index (χ1n) is 4.67. The lowest BCUT2D eigenvalue weighted by molar-refractivity contribution is 0.166. The number of ether oxygens (including phenoxy) is 1. The molecular weight excluding hydrogens is 180 g/mol. The quantitative estimate of drug-likeness (QED) is 0.729. The van der Waals surface area contributed by atoms with Crippen LogP contribution in [-0.2, 0) is 0 Å². The molecule has 4 nitrogen and oxygen atoms in total. The Bertz CT molecular complexity index is 279. The van der Waals surface area contributed by atoms with Gasteiger partial charge in [-0.15, -0.1) is 0 Å². The summed E-state index contributed by atoms with van der Waals surface area (Å²) in [7, 11) is 1.57. The summed E-state index contributed by atoms with van der Waals surface area (Å²) in [6.07, 6.45) is 1.03. The number of hydrogen-bond acceptors (Lipinski definition) is 4. The summed E-state index contributed by atoms with van der Waals surface area (Å²) in [5.74, 6) is 0.623. The van der Waals surface area contributed by atoms with Gasteiger partial charge in [-0.05, 0) is 18.7 Å². The number of hydrogen-bond donors (Lipinski definition) is 2. The highest BCUT2D eigenvalue weighted by molar-refractivity contribution is 5.28. The smallest absolute Gasteiger partial charge is 0.143 e. The number of rotatable bonds is 5. The Morgan fingerprint density at radius 3 is 3.07 bits per heavy atom. The molecule has 4 heteroatoms. The van der Waals surface area contributed by atoms with Crippen molar-refractivity contribution in [2.75, 3.05) is 20.2 Å². The van der Waals surface area contributed by atoms with E-state index in [0.29, 0.717) is 18.0 Å². The van der Waals surface area contributed by atoms with Crippen LogP contribution >= 0.6 is 0 Å². The molecule has 0 saturated heterocycles. The molecule has 1 heterocycles. The van der Waals surface area contributed by atoms with Crippen LogP contribution in [0.15, 0.2) is 18.3 Å². The lowest BCUT2D eigenvalue weighted by Gasteiger charge is -2.13. The molecule has 0 fully saturated rings. The fraction of sp³-hybridized carbons (Fsp3) is 0.500. The summed E-state index contributed by atoms with van der Waals surface area (Å²) >= 11 is 0. The highest BCUT2D eigenvalue weighted by Gasteiger charge is 2.13. The summed E-state index contributed by atoms with van der Waals surface area (Å²) in [5, 5.41) is 12.8. The molecule has 14 heavy (non-hydrogen) atoms. The zero-order valence-corrected chi connectivity index (χ0v) is 8.53. The van der Waals surface area contributed by atoms with Crippen LogP contribution in [0.2, 0.25) is 0 Å². The number of likely N-dealkylation sites (N-methyl/N-ethyl adjacent to an activating group) is 1. The van der Waals surface area contributed by atoms with E-state index in [2.05, 4.69) is 10.3 Å². The molecule has 0 spiro atoms. The SMILES string of the molecule is CCNCC(O)c1ncccc1OC. The Hall–Kier alpha value is -1.13. The lowest BCUT2D eigenvalue weighted by Crippen LogP contribution is -2.21. The predicted molar refractivity (Wildman–Crippen MR) is 54.3 cm³/mol. The van der Waals surface area contributed by atoms with Crippen LogP contribution in [0.3, 0.4) is 0 Å². The number of aromatic nitrogens is 1. The van der Waals surface area contributed by atoms with Crippen molar-refractivity contribution < 1.29 is 9.84 Å². The molecule has 1 atom stereocenters. The van der Waals surface area contributed by atoms with E-state index in [0.717, 1.165) is 6.54 Å². The van der Waals surface area contributed by atoms with Gasteiger partial charge >= 0.3 is 0 Å². The summed E-state index contributed by atoms with van der Waals surface area (Å²) in [4.78, 5) is 4.09. The van der Waals surface area contributed by atoms with Crippen molar-refractivity contribution in [3.05, 3.63) is 24.0 Å². The number of methoxy groups -OCH3 is 1. The van der Waals surface area contributed by atoms with Crippen LogP contribution in [0.25, 0.3) is 0 Å². The summed E-state index contributed by atoms with van der Waals surface area (Å²) in [5.41, 5.74) is 0.580. The fourth-order valence-corrected chi connectivity index (χ4v) is 1.20. The van der Waals surface area contributed by atoms with Gasteiger partial charge in [0, 0.05) is 12.7 Å². The van der Waals surface area contributed by atoms with Gasteiger partial charge in [0.1, 0.15) is 17.5 Å². The van der Waals surface area contributed by atoms with Gasteiger partial charge in [-0.25, -0.2) is 0 Å². The Balaban J connectivity index is 2.72. The molecular formula is C10H16N2O2. The molecule has 1 aromatic heterocycles. The van der Waals surface area contributed by atoms with Crippen LogP contribution in [-0.4, -0.2) is 30.3 Å². The first kappa shape index (κ1) is 10.9. The van der Waals surface area contributed by atoms with Gasteiger partial charge in [0.15, 0.2) is 0 Å². The lowest BCUT2D eigenvalue weighted by atomic mass is 10.2. The van der Waals surface area contributed by atoms with Crippen molar-refractivity contribution in [3.8, 4) is 5.75 Å². The Morgan fingerprint density at radius 2 is 2.43 bits per heavy atom. The zero-order chi connectivity index (χ0) is 10.4. The fourth-order valence-electron chi connectivity index (χ4n) is 1.20. The Labute approximate surface area is 83.9 Å². The van der Waals surface area contributed by atoms with Crippen molar-refractivity contribution in [1.29, 1.82) is 0 Å². The maximum absolute atomic E-state index is 9.76. The van der Waals surface area contributed by atoms with E-state index in [1.54, 1.807) is 25.4 Å². The molecule has 1 aromatic rings. The second kappa shape index (κ2) is 5.57. The van der Waals surface area contributed by atoms with Crippen molar-refractivity contribution in [2.24, 2.45) is 0 Å². The molecule has 0 aliphatic rings. The van der Waals surface area contributed by atoms with Gasteiger partial charge in [-0.2, -0.15) is 0 Å². The van der Waals surface area contributed by atoms with Gasteiger partial charge in [0.05, 0.1) is 7.11 Å². The zero-order valence-electron chi connectivity index (χ0n) is 8.53. The minimum Gasteiger partial charge on any atom is -0.495 e. The van der Waals surface area contributed by atoms with Crippen molar-refractivity contribution in [1.82, 2.24) is 10.3 Å². The number of aliphatic hydroxyl groups is 1. The van der Waals surface area contributed by atoms with Crippen molar-refractivity contribution in [3.63, 3.8) is 0 Å². The van der Waals surface area contributed by atoms with Crippen LogP contribution in [0.1, 0.15) is 18.7 Å². The topological polar surface area (TPSA) is 54.4 Å². The van der Waals surface area contributed by atoms with E-state index < -0.39 is 6.10 Å². The van der Waals surface area contributed by atoms with E-state index in [1.165, 1.54) is 0 Å². The first-order chi connectivity index (χ1) is 6.79. The Morgan fingerprint density at radius 1 is 1.64 bits per heavy atom. The molecule has 0 amide bonds.